The minimum Gasteiger partial charge on any atom is -0.584 e. The van der Waals surface area contributed by atoms with E-state index in [0.29, 0.717) is 0 Å². The molecule has 0 N–H and O–H groups in total. The average Bonchev–Trinajstić information content (AvgIpc) is 2.60. The van der Waals surface area contributed by atoms with E-state index in [2.05, 4.69) is 27.7 Å². The van der Waals surface area contributed by atoms with Crippen molar-refractivity contribution < 1.29 is 1800 Å². The van der Waals surface area contributed by atoms with Crippen LogP contribution in [0.25, 0.3) is 0 Å². The molecule has 0 heterocycles. The molecule has 0 atom stereocenters. The minimum absolute atomic E-state index is 0. The van der Waals surface area contributed by atoms with Gasteiger partial charge in [0.2, 0.25) is 0 Å². The zero-order valence-electron chi connectivity index (χ0n) is 58.1. The fourth-order valence-electron chi connectivity index (χ4n) is 0. The minimum atomic E-state index is -0.500. The largest absolute Gasteiger partial charge is 0.584 e. The Labute approximate surface area is 1920 Å². The van der Waals surface area contributed by atoms with Crippen LogP contribution >= 0.6 is 0 Å². The van der Waals surface area contributed by atoms with Gasteiger partial charge in [0.1, 0.15) is 0 Å². The van der Waals surface area contributed by atoms with E-state index in [-0.39, 0.29) is 1850 Å². The molecule has 0 spiro atoms. The van der Waals surface area contributed by atoms with Crippen molar-refractivity contribution in [2.75, 3.05) is 0 Å². The summed E-state index contributed by atoms with van der Waals surface area (Å²) < 4.78 is 0. The van der Waals surface area contributed by atoms with E-state index in [4.69, 9.17) is 0 Å². The average molecular weight is 5300 g/mol. The van der Waals surface area contributed by atoms with Gasteiger partial charge in [-0.05, 0) is 0 Å². The molecule has 0 saturated carbocycles. The van der Waals surface area contributed by atoms with Gasteiger partial charge in [-0.1, -0.05) is 111 Å². The summed E-state index contributed by atoms with van der Waals surface area (Å²) in [4.78, 5) is 0. The van der Waals surface area contributed by atoms with Crippen LogP contribution in [0, 0.1) is 85.1 Å². The third-order valence-electron chi connectivity index (χ3n) is 0. The molecule has 0 fully saturated rings. The van der Waals surface area contributed by atoms with Crippen LogP contribution < -0.4 is 0 Å². The second kappa shape index (κ2) is 644. The second-order valence-corrected chi connectivity index (χ2v) is 1.50. The SMILES string of the molecule is CC.CC.CC.CC.CC.CC.CC.CC.[CH2-]C([CH2-])([CH2-])[CH2-].[CH3-].[CH3-].[CH3-].[CH3-].[CH3-].[CH3-].[CH3-].[Y].[Y].[Y].[Y].[Y].[Y].[Y].[Y].[Y].[Y].[Y].[Y].[Y].[Y].[Y].[Y].[Y].[Y].[Y].[Y].[Y].[Y].[Y].[Y].[Y].[Y].[Y].[Y].[Y].[Y].[Y].[Y].[Y].[Y].[Y].[Y].[Y].[Y].[Y].[Y].[Y].[Y].[Y].[Y].[Y].[Y].[Y].[Y].[Y].[Y].[Y].[Y].[Y].[Y].[Y]. The Bertz CT molecular complexity index is 92.1. The molecule has 0 nitrogen and oxygen atoms in total. The Morgan fingerprint density at radius 1 is 0.0964 bits per heavy atom. The summed E-state index contributed by atoms with van der Waals surface area (Å²) in [7, 11) is 0. The molecule has 0 rings (SSSR count). The van der Waals surface area contributed by atoms with Crippen molar-refractivity contribution in [3.63, 3.8) is 0 Å². The van der Waals surface area contributed by atoms with Gasteiger partial charge in [0.25, 0.3) is 0 Å². The zero-order chi connectivity index (χ0) is 20.5. The zero-order valence-corrected chi connectivity index (χ0v) is 214. The monoisotopic (exact) mass is 5300 g/mol. The summed E-state index contributed by atoms with van der Waals surface area (Å²) in [5, 5.41) is 0. The van der Waals surface area contributed by atoms with Gasteiger partial charge in [-0.15, -0.1) is 0 Å². The third-order valence-corrected chi connectivity index (χ3v) is 0. The molecule has 55 radical (unpaired) electrons. The van der Waals surface area contributed by atoms with E-state index in [9.17, 15) is 0 Å². The second-order valence-electron chi connectivity index (χ2n) is 1.50. The van der Waals surface area contributed by atoms with Crippen molar-refractivity contribution in [2.24, 2.45) is 5.41 Å². The van der Waals surface area contributed by atoms with Crippen molar-refractivity contribution in [1.29, 1.82) is 0 Å². The van der Waals surface area contributed by atoms with Crippen LogP contribution in [-0.2, 0) is 1800 Å². The molecule has 0 aliphatic carbocycles. The maximum absolute atomic E-state index is 3.44. The maximum atomic E-state index is 3.44. The van der Waals surface area contributed by atoms with Gasteiger partial charge in [0.15, 0.2) is 0 Å². The van der Waals surface area contributed by atoms with Crippen LogP contribution in [0.2, 0.25) is 0 Å². The first-order chi connectivity index (χ1) is 10.0. The Morgan fingerprint density at radius 3 is 0.0964 bits per heavy atom. The van der Waals surface area contributed by atoms with E-state index in [1.54, 1.807) is 0 Å². The fraction of sp³-hybridized carbons (Fsp3) is 0.607. The quantitative estimate of drug-likeness (QED) is 0.212. The predicted molar refractivity (Wildman–Crippen MR) is 160 cm³/mol. The molecule has 0 bridgehead atoms. The molecule has 0 aromatic rings. The summed E-state index contributed by atoms with van der Waals surface area (Å²) in [6.45, 7) is 45.8. The molecular formula is C28H77Y55-11. The molecule has 0 unspecified atom stereocenters. The summed E-state index contributed by atoms with van der Waals surface area (Å²) in [5.41, 5.74) is -0.500. The Balaban J connectivity index is -0.000000000261. The van der Waals surface area contributed by atoms with Crippen molar-refractivity contribution in [2.45, 2.75) is 111 Å². The molecular weight excluding hydrogens is 5230 g/mol. The summed E-state index contributed by atoms with van der Waals surface area (Å²) in [6.07, 6.45) is 0. The van der Waals surface area contributed by atoms with Gasteiger partial charge < -0.3 is 85.1 Å². The van der Waals surface area contributed by atoms with Crippen LogP contribution in [-0.4, -0.2) is 0 Å². The van der Waals surface area contributed by atoms with Crippen LogP contribution in [0.1, 0.15) is 111 Å². The first-order valence-electron chi connectivity index (χ1n) is 9.41. The van der Waals surface area contributed by atoms with Gasteiger partial charge in [-0.2, -0.15) is 0 Å². The van der Waals surface area contributed by atoms with Crippen LogP contribution in [0.5, 0.6) is 0 Å². The van der Waals surface area contributed by atoms with Gasteiger partial charge in [-0.3, -0.25) is 0 Å². The Morgan fingerprint density at radius 2 is 0.0964 bits per heavy atom. The molecule has 0 saturated heterocycles. The van der Waals surface area contributed by atoms with Crippen molar-refractivity contribution in [3.8, 4) is 0 Å². The number of hydrogen-bond donors (Lipinski definition) is 0. The predicted octanol–water partition coefficient (Wildman–Crippen LogP) is 12.5. The Hall–Kier alpha value is 60.7. The van der Waals surface area contributed by atoms with E-state index in [0.717, 1.165) is 0 Å². The van der Waals surface area contributed by atoms with Crippen molar-refractivity contribution >= 4 is 0 Å². The molecule has 0 aromatic heterocycles. The Kier molecular flexibility index (Phi) is 4300. The van der Waals surface area contributed by atoms with E-state index in [1.165, 1.54) is 0 Å². The molecule has 83 heavy (non-hydrogen) atoms. The normalized spacial score (nSPS) is 1.30. The standard InChI is InChI=1S/C5H8.8C2H6.7CH3.55Y/c1-5(2,3)4;8*1-2;;;;;;;;;;;;;;;;;;;;;;;;;;;;;;;;;;;;;;;;;;;;;;;;;;;;;;;;;;;;;;/h1-4H2;8*1-2H3;7*1H3;;;;;;;;;;;;;;;;;;;;;;;;;;;;;;;;;;;;;;;;;;;;;;;;;;;;;;;/q-4;;;;;;;;;7*-1;;;;;;;;;;;;;;;;;;;;;;;;;;;;;;;;;;;;;;;;;;;;;;;;;;;;;;;. The topological polar surface area (TPSA) is 0 Å². The first-order valence-corrected chi connectivity index (χ1v) is 9.41. The smallest absolute Gasteiger partial charge is 0 e. The van der Waals surface area contributed by atoms with Crippen molar-refractivity contribution in [1.82, 2.24) is 0 Å². The fourth-order valence-corrected chi connectivity index (χ4v) is 0. The van der Waals surface area contributed by atoms with E-state index in [1.807, 2.05) is 111 Å². The van der Waals surface area contributed by atoms with E-state index < -0.39 is 5.41 Å². The first kappa shape index (κ1) is 554. The number of hydrogen-bond acceptors (Lipinski definition) is 0. The van der Waals surface area contributed by atoms with E-state index >= 15 is 0 Å². The summed E-state index contributed by atoms with van der Waals surface area (Å²) in [6, 6.07) is 0. The molecule has 0 aliphatic rings. The number of rotatable bonds is 0. The van der Waals surface area contributed by atoms with Gasteiger partial charge in [0, 0.05) is 1800 Å². The van der Waals surface area contributed by atoms with Gasteiger partial charge in [-0.25, -0.2) is 0 Å². The molecule has 0 aromatic carbocycles. The van der Waals surface area contributed by atoms with Gasteiger partial charge in [0.05, 0.1) is 0 Å². The summed E-state index contributed by atoms with van der Waals surface area (Å²) >= 11 is 0. The van der Waals surface area contributed by atoms with Crippen LogP contribution in [0.3, 0.4) is 0 Å². The molecule has 0 amide bonds. The summed E-state index contributed by atoms with van der Waals surface area (Å²) in [5.74, 6) is 0. The van der Waals surface area contributed by atoms with Crippen LogP contribution in [0.15, 0.2) is 0 Å². The van der Waals surface area contributed by atoms with Crippen molar-refractivity contribution in [3.05, 3.63) is 79.7 Å². The molecule has 365 valence electrons. The molecule has 0 aliphatic heterocycles. The maximum Gasteiger partial charge on any atom is 0 e. The molecule has 55 heteroatoms. The van der Waals surface area contributed by atoms with Gasteiger partial charge >= 0.3 is 0 Å². The van der Waals surface area contributed by atoms with Crippen LogP contribution in [0.4, 0.5) is 0 Å². The third kappa shape index (κ3) is 767.